The van der Waals surface area contributed by atoms with Gasteiger partial charge in [0.1, 0.15) is 10.8 Å². The Labute approximate surface area is 244 Å². The second-order valence-electron chi connectivity index (χ2n) is 10.2. The lowest BCUT2D eigenvalue weighted by molar-refractivity contribution is 0.110. The summed E-state index contributed by atoms with van der Waals surface area (Å²) in [4.78, 5) is 9.00. The van der Waals surface area contributed by atoms with Gasteiger partial charge >= 0.3 is 0 Å². The number of benzene rings is 2. The molecule has 1 aliphatic rings. The van der Waals surface area contributed by atoms with Gasteiger partial charge in [0.2, 0.25) is 11.8 Å². The van der Waals surface area contributed by atoms with E-state index in [0.29, 0.717) is 48.8 Å². The summed E-state index contributed by atoms with van der Waals surface area (Å²) in [6.45, 7) is 9.59. The van der Waals surface area contributed by atoms with E-state index in [4.69, 9.17) is 21.1 Å². The number of sulfone groups is 1. The van der Waals surface area contributed by atoms with Crippen molar-refractivity contribution < 1.29 is 23.0 Å². The van der Waals surface area contributed by atoms with Crippen LogP contribution in [0.3, 0.4) is 0 Å². The molecule has 0 unspecified atom stereocenters. The van der Waals surface area contributed by atoms with E-state index in [1.165, 1.54) is 6.20 Å². The summed E-state index contributed by atoms with van der Waals surface area (Å²) in [5.74, 6) is 1.07. The summed E-state index contributed by atoms with van der Waals surface area (Å²) in [5, 5.41) is 20.4. The topological polar surface area (TPSA) is 131 Å². The van der Waals surface area contributed by atoms with E-state index in [0.717, 1.165) is 5.39 Å². The normalized spacial score (nSPS) is 14.2. The minimum atomic E-state index is -3.56. The summed E-state index contributed by atoms with van der Waals surface area (Å²) in [5.41, 5.74) is 0.893. The number of ether oxygens (including phenoxy) is 2. The Hall–Kier alpha value is -3.74. The lowest BCUT2D eigenvalue weighted by Gasteiger charge is -2.29. The van der Waals surface area contributed by atoms with Crippen LogP contribution in [0.2, 0.25) is 5.02 Å². The number of morpholine rings is 1. The molecule has 41 heavy (non-hydrogen) atoms. The third kappa shape index (κ3) is 5.99. The van der Waals surface area contributed by atoms with Gasteiger partial charge in [0.15, 0.2) is 15.7 Å². The van der Waals surface area contributed by atoms with E-state index < -0.39 is 15.1 Å². The van der Waals surface area contributed by atoms with Gasteiger partial charge in [0, 0.05) is 17.0 Å². The summed E-state index contributed by atoms with van der Waals surface area (Å²) in [7, 11) is -3.56. The van der Waals surface area contributed by atoms with Crippen LogP contribution in [-0.4, -0.2) is 65.8 Å². The fraction of sp³-hybridized carbons (Fsp3) is 0.357. The highest BCUT2D eigenvalue weighted by molar-refractivity contribution is 7.92. The average Bonchev–Trinajstić information content (AvgIpc) is 3.26. The predicted octanol–water partition coefficient (Wildman–Crippen LogP) is 5.22. The van der Waals surface area contributed by atoms with E-state index in [1.807, 2.05) is 31.1 Å². The van der Waals surface area contributed by atoms with E-state index in [9.17, 15) is 13.5 Å². The summed E-state index contributed by atoms with van der Waals surface area (Å²) in [6, 6.07) is 10.3. The first-order valence-electron chi connectivity index (χ1n) is 13.3. The van der Waals surface area contributed by atoms with Crippen molar-refractivity contribution in [1.29, 1.82) is 0 Å². The van der Waals surface area contributed by atoms with Gasteiger partial charge in [-0.05, 0) is 52.0 Å². The molecule has 1 fully saturated rings. The molecular weight excluding hydrogens is 568 g/mol. The third-order valence-corrected chi connectivity index (χ3v) is 9.07. The van der Waals surface area contributed by atoms with Crippen molar-refractivity contribution in [3.8, 4) is 11.6 Å². The molecule has 2 aromatic heterocycles. The lowest BCUT2D eigenvalue weighted by atomic mass is 10.2. The maximum absolute atomic E-state index is 12.9. The van der Waals surface area contributed by atoms with Crippen LogP contribution >= 0.6 is 11.6 Å². The van der Waals surface area contributed by atoms with Gasteiger partial charge in [0.05, 0.1) is 60.1 Å². The van der Waals surface area contributed by atoms with Gasteiger partial charge in [-0.15, -0.1) is 0 Å². The van der Waals surface area contributed by atoms with Crippen molar-refractivity contribution in [3.63, 3.8) is 0 Å². The van der Waals surface area contributed by atoms with Crippen LogP contribution in [0, 0.1) is 0 Å². The van der Waals surface area contributed by atoms with E-state index in [1.54, 1.807) is 48.9 Å². The van der Waals surface area contributed by atoms with Crippen LogP contribution in [0.15, 0.2) is 53.7 Å². The van der Waals surface area contributed by atoms with Gasteiger partial charge in [-0.1, -0.05) is 23.7 Å². The minimum absolute atomic E-state index is 0.100. The number of para-hydroxylation sites is 1. The fourth-order valence-corrected chi connectivity index (χ4v) is 5.82. The molecule has 0 aliphatic carbocycles. The molecule has 218 valence electrons. The Balaban J connectivity index is 1.50. The predicted molar refractivity (Wildman–Crippen MR) is 161 cm³/mol. The molecule has 0 radical (unpaired) electrons. The molecule has 5 rings (SSSR count). The zero-order valence-electron chi connectivity index (χ0n) is 23.3. The van der Waals surface area contributed by atoms with Crippen LogP contribution in [0.1, 0.15) is 27.7 Å². The Morgan fingerprint density at radius 1 is 1.07 bits per heavy atom. The van der Waals surface area contributed by atoms with Crippen molar-refractivity contribution in [2.75, 3.05) is 41.9 Å². The second-order valence-corrected chi connectivity index (χ2v) is 13.1. The highest BCUT2D eigenvalue weighted by Gasteiger charge is 2.24. The van der Waals surface area contributed by atoms with Crippen molar-refractivity contribution in [1.82, 2.24) is 14.6 Å². The maximum Gasteiger partial charge on any atom is 0.229 e. The summed E-state index contributed by atoms with van der Waals surface area (Å²) in [6.07, 6.45) is 3.18. The summed E-state index contributed by atoms with van der Waals surface area (Å²) < 4.78 is 39.1. The molecule has 3 N–H and O–H groups in total. The zero-order valence-corrected chi connectivity index (χ0v) is 24.8. The number of nitrogens with one attached hydrogen (secondary N) is 2. The Morgan fingerprint density at radius 2 is 1.80 bits per heavy atom. The first kappa shape index (κ1) is 28.8. The van der Waals surface area contributed by atoms with Crippen molar-refractivity contribution >= 4 is 55.4 Å². The third-order valence-electron chi connectivity index (χ3n) is 6.58. The van der Waals surface area contributed by atoms with Gasteiger partial charge in [0.25, 0.3) is 0 Å². The van der Waals surface area contributed by atoms with Gasteiger partial charge < -0.3 is 30.2 Å². The molecule has 13 heteroatoms. The number of aromatic hydroxyl groups is 1. The van der Waals surface area contributed by atoms with E-state index in [2.05, 4.69) is 20.6 Å². The molecule has 1 saturated heterocycles. The Morgan fingerprint density at radius 3 is 2.51 bits per heavy atom. The van der Waals surface area contributed by atoms with Crippen LogP contribution < -0.4 is 20.4 Å². The number of rotatable bonds is 9. The highest BCUT2D eigenvalue weighted by atomic mass is 35.5. The minimum Gasteiger partial charge on any atom is -0.493 e. The van der Waals surface area contributed by atoms with Crippen LogP contribution in [0.5, 0.6) is 11.6 Å². The molecule has 2 aromatic carbocycles. The van der Waals surface area contributed by atoms with Crippen LogP contribution in [0.4, 0.5) is 23.1 Å². The molecule has 4 aromatic rings. The number of aromatic nitrogens is 3. The van der Waals surface area contributed by atoms with Gasteiger partial charge in [-0.25, -0.2) is 18.1 Å². The first-order valence-corrected chi connectivity index (χ1v) is 15.2. The van der Waals surface area contributed by atoms with Crippen LogP contribution in [0.25, 0.3) is 10.8 Å². The number of halogens is 1. The maximum atomic E-state index is 12.9. The van der Waals surface area contributed by atoms with Crippen molar-refractivity contribution in [2.24, 2.45) is 0 Å². The van der Waals surface area contributed by atoms with Crippen molar-refractivity contribution in [2.45, 2.75) is 43.9 Å². The largest absolute Gasteiger partial charge is 0.493 e. The number of nitrogens with zero attached hydrogens (tertiary/aromatic N) is 4. The summed E-state index contributed by atoms with van der Waals surface area (Å²) >= 11 is 6.42. The molecular formula is C28H33ClN6O5S. The second kappa shape index (κ2) is 11.6. The van der Waals surface area contributed by atoms with E-state index >= 15 is 0 Å². The number of fused-ring (bicyclic) bond motifs is 1. The standard InChI is InChI=1S/C28H33ClN6O5S/c1-17(2)40-24-13-19-16-35(34-9-11-39-12-10-34)27(36)20(19)14-23(24)32-28-30-15-21(29)26(33-28)31-22-7-5-6-8-25(22)41(37,38)18(3)4/h5-8,13-18,36H,9-12H2,1-4H3,(H2,30,31,32,33). The zero-order chi connectivity index (χ0) is 29.3. The molecule has 1 aliphatic heterocycles. The molecule has 0 amide bonds. The molecule has 11 nitrogen and oxygen atoms in total. The fourth-order valence-electron chi connectivity index (χ4n) is 4.48. The van der Waals surface area contributed by atoms with Gasteiger partial charge in [-0.3, -0.25) is 0 Å². The highest BCUT2D eigenvalue weighted by Crippen LogP contribution is 2.38. The molecule has 0 atom stereocenters. The SMILES string of the molecule is CC(C)Oc1cc2cn(N3CCOCC3)c(O)c2cc1Nc1ncc(Cl)c(Nc2ccccc2S(=O)(=O)C(C)C)n1. The van der Waals surface area contributed by atoms with E-state index in [-0.39, 0.29) is 33.7 Å². The van der Waals surface area contributed by atoms with Crippen molar-refractivity contribution in [3.05, 3.63) is 53.8 Å². The smallest absolute Gasteiger partial charge is 0.229 e. The number of hydrogen-bond donors (Lipinski definition) is 3. The quantitative estimate of drug-likeness (QED) is 0.235. The monoisotopic (exact) mass is 600 g/mol. The Kier molecular flexibility index (Phi) is 8.16. The van der Waals surface area contributed by atoms with Crippen LogP contribution in [-0.2, 0) is 14.6 Å². The first-order chi connectivity index (χ1) is 19.5. The molecule has 0 bridgehead atoms. The number of hydrogen-bond acceptors (Lipinski definition) is 10. The molecule has 0 spiro atoms. The number of anilines is 4. The molecule has 0 saturated carbocycles. The molecule has 3 heterocycles. The Bertz CT molecular complexity index is 1670. The van der Waals surface area contributed by atoms with Gasteiger partial charge in [-0.2, -0.15) is 4.98 Å². The average molecular weight is 601 g/mol. The lowest BCUT2D eigenvalue weighted by Crippen LogP contribution is -2.43.